The minimum absolute atomic E-state index is 0.301. The lowest BCUT2D eigenvalue weighted by molar-refractivity contribution is 0.102. The van der Waals surface area contributed by atoms with Gasteiger partial charge in [-0.3, -0.25) is 9.48 Å². The molecule has 0 bridgehead atoms. The van der Waals surface area contributed by atoms with Gasteiger partial charge in [-0.25, -0.2) is 4.98 Å². The Labute approximate surface area is 167 Å². The molecule has 0 aliphatic carbocycles. The summed E-state index contributed by atoms with van der Waals surface area (Å²) in [6, 6.07) is 13.0. The largest absolute Gasteiger partial charge is 0.479 e. The van der Waals surface area contributed by atoms with Crippen molar-refractivity contribution in [3.63, 3.8) is 0 Å². The third-order valence-corrected chi connectivity index (χ3v) is 4.44. The van der Waals surface area contributed by atoms with Crippen molar-refractivity contribution in [2.24, 2.45) is 7.05 Å². The van der Waals surface area contributed by atoms with E-state index in [1.165, 1.54) is 7.11 Å². The number of benzene rings is 1. The third kappa shape index (κ3) is 3.60. The van der Waals surface area contributed by atoms with Crippen LogP contribution in [-0.2, 0) is 7.05 Å². The van der Waals surface area contributed by atoms with Gasteiger partial charge in [0.2, 0.25) is 5.88 Å². The monoisotopic (exact) mass is 389 g/mol. The van der Waals surface area contributed by atoms with Gasteiger partial charge >= 0.3 is 0 Å². The minimum atomic E-state index is -0.350. The van der Waals surface area contributed by atoms with Crippen LogP contribution in [0.15, 0.2) is 59.4 Å². The summed E-state index contributed by atoms with van der Waals surface area (Å²) in [5.74, 6) is 0.382. The molecule has 3 heterocycles. The summed E-state index contributed by atoms with van der Waals surface area (Å²) in [7, 11) is 3.34. The zero-order valence-electron chi connectivity index (χ0n) is 16.2. The molecule has 29 heavy (non-hydrogen) atoms. The number of carbonyl (C=O) groups is 1. The molecule has 146 valence electrons. The zero-order valence-corrected chi connectivity index (χ0v) is 16.2. The van der Waals surface area contributed by atoms with Crippen LogP contribution in [0, 0.1) is 6.92 Å². The maximum atomic E-state index is 13.0. The molecule has 4 rings (SSSR count). The van der Waals surface area contributed by atoms with E-state index < -0.39 is 0 Å². The fraction of sp³-hybridized carbons (Fsp3) is 0.143. The lowest BCUT2D eigenvalue weighted by atomic mass is 10.1. The quantitative estimate of drug-likeness (QED) is 0.559. The molecule has 8 heteroatoms. The number of pyridine rings is 1. The lowest BCUT2D eigenvalue weighted by Crippen LogP contribution is -2.14. The van der Waals surface area contributed by atoms with E-state index in [2.05, 4.69) is 20.6 Å². The Hall–Kier alpha value is -3.94. The number of anilines is 1. The van der Waals surface area contributed by atoms with Crippen molar-refractivity contribution >= 4 is 11.6 Å². The number of carbonyl (C=O) groups excluding carboxylic acids is 1. The van der Waals surface area contributed by atoms with Gasteiger partial charge < -0.3 is 14.6 Å². The molecule has 0 aliphatic heterocycles. The molecular formula is C21H19N5O3. The molecule has 0 saturated heterocycles. The molecule has 1 amide bonds. The number of hydrogen-bond donors (Lipinski definition) is 1. The number of aryl methyl sites for hydroxylation is 2. The number of methoxy groups -OCH3 is 1. The van der Waals surface area contributed by atoms with Crippen molar-refractivity contribution in [2.45, 2.75) is 6.92 Å². The van der Waals surface area contributed by atoms with E-state index >= 15 is 0 Å². The Bertz CT molecular complexity index is 1160. The van der Waals surface area contributed by atoms with Crippen LogP contribution in [0.4, 0.5) is 5.69 Å². The lowest BCUT2D eigenvalue weighted by Gasteiger charge is -2.11. The van der Waals surface area contributed by atoms with Gasteiger partial charge in [-0.05, 0) is 19.1 Å². The molecule has 0 radical (unpaired) electrons. The van der Waals surface area contributed by atoms with Gasteiger partial charge in [0, 0.05) is 24.4 Å². The molecule has 4 aromatic rings. The van der Waals surface area contributed by atoms with Gasteiger partial charge in [-0.2, -0.15) is 5.10 Å². The highest BCUT2D eigenvalue weighted by molar-refractivity contribution is 6.09. The highest BCUT2D eigenvalue weighted by atomic mass is 16.5. The van der Waals surface area contributed by atoms with Gasteiger partial charge in [0.15, 0.2) is 0 Å². The van der Waals surface area contributed by atoms with Crippen molar-refractivity contribution < 1.29 is 14.1 Å². The Balaban J connectivity index is 1.65. The van der Waals surface area contributed by atoms with Crippen molar-refractivity contribution in [1.29, 1.82) is 0 Å². The van der Waals surface area contributed by atoms with Gasteiger partial charge in [0.05, 0.1) is 19.0 Å². The number of nitrogens with one attached hydrogen (secondary N) is 1. The predicted octanol–water partition coefficient (Wildman–Crippen LogP) is 3.71. The van der Waals surface area contributed by atoms with E-state index in [0.717, 1.165) is 11.1 Å². The number of hydrogen-bond acceptors (Lipinski definition) is 6. The van der Waals surface area contributed by atoms with Crippen LogP contribution in [0.25, 0.3) is 22.5 Å². The van der Waals surface area contributed by atoms with E-state index in [4.69, 9.17) is 9.26 Å². The second kappa shape index (κ2) is 7.59. The maximum Gasteiger partial charge on any atom is 0.261 e. The first kappa shape index (κ1) is 18.4. The summed E-state index contributed by atoms with van der Waals surface area (Å²) < 4.78 is 12.4. The van der Waals surface area contributed by atoms with Crippen LogP contribution < -0.4 is 10.1 Å². The Morgan fingerprint density at radius 1 is 1.14 bits per heavy atom. The molecule has 0 unspecified atom stereocenters. The number of ether oxygens (including phenoxy) is 1. The van der Waals surface area contributed by atoms with Crippen LogP contribution in [0.5, 0.6) is 5.88 Å². The van der Waals surface area contributed by atoms with E-state index in [-0.39, 0.29) is 5.91 Å². The number of nitrogens with zero attached hydrogens (tertiary/aromatic N) is 4. The van der Waals surface area contributed by atoms with Gasteiger partial charge in [-0.1, -0.05) is 35.5 Å². The van der Waals surface area contributed by atoms with Crippen molar-refractivity contribution in [3.05, 3.63) is 66.2 Å². The van der Waals surface area contributed by atoms with Crippen molar-refractivity contribution in [3.8, 4) is 28.4 Å². The normalized spacial score (nSPS) is 10.7. The zero-order chi connectivity index (χ0) is 20.4. The molecule has 0 saturated carbocycles. The molecule has 0 aliphatic rings. The van der Waals surface area contributed by atoms with Crippen LogP contribution in [-0.4, -0.2) is 32.9 Å². The van der Waals surface area contributed by atoms with Crippen molar-refractivity contribution in [2.75, 3.05) is 12.4 Å². The van der Waals surface area contributed by atoms with Gasteiger partial charge in [0.1, 0.15) is 22.7 Å². The van der Waals surface area contributed by atoms with E-state index in [9.17, 15) is 4.79 Å². The summed E-state index contributed by atoms with van der Waals surface area (Å²) in [5.41, 5.74) is 3.65. The highest BCUT2D eigenvalue weighted by Gasteiger charge is 2.23. The van der Waals surface area contributed by atoms with Gasteiger partial charge in [0.25, 0.3) is 5.91 Å². The topological polar surface area (TPSA) is 95.1 Å². The van der Waals surface area contributed by atoms with E-state index in [1.54, 1.807) is 29.9 Å². The molecule has 8 nitrogen and oxygen atoms in total. The molecule has 0 atom stereocenters. The SMILES string of the molecule is COc1nc(-c2cnn(C)c2)ccc1NC(=O)c1c(-c2ccccc2)noc1C. The molecule has 1 N–H and O–H groups in total. The Morgan fingerprint density at radius 2 is 1.93 bits per heavy atom. The molecular weight excluding hydrogens is 370 g/mol. The molecule has 0 fully saturated rings. The number of amides is 1. The van der Waals surface area contributed by atoms with E-state index in [0.29, 0.717) is 34.3 Å². The van der Waals surface area contributed by atoms with Crippen LogP contribution in [0.2, 0.25) is 0 Å². The van der Waals surface area contributed by atoms with Crippen molar-refractivity contribution in [1.82, 2.24) is 19.9 Å². The fourth-order valence-electron chi connectivity index (χ4n) is 3.02. The number of aromatic nitrogens is 4. The van der Waals surface area contributed by atoms with Crippen LogP contribution >= 0.6 is 0 Å². The summed E-state index contributed by atoms with van der Waals surface area (Å²) in [4.78, 5) is 17.5. The van der Waals surface area contributed by atoms with Crippen LogP contribution in [0.3, 0.4) is 0 Å². The number of rotatable bonds is 5. The summed E-state index contributed by atoms with van der Waals surface area (Å²) >= 11 is 0. The maximum absolute atomic E-state index is 13.0. The predicted molar refractivity (Wildman–Crippen MR) is 108 cm³/mol. The fourth-order valence-corrected chi connectivity index (χ4v) is 3.02. The summed E-state index contributed by atoms with van der Waals surface area (Å²) in [5, 5.41) is 11.1. The first-order valence-electron chi connectivity index (χ1n) is 8.94. The Kier molecular flexibility index (Phi) is 4.82. The highest BCUT2D eigenvalue weighted by Crippen LogP contribution is 2.29. The average Bonchev–Trinajstić information content (AvgIpc) is 3.34. The van der Waals surface area contributed by atoms with E-state index in [1.807, 2.05) is 43.6 Å². The first-order valence-corrected chi connectivity index (χ1v) is 8.94. The molecule has 1 aromatic carbocycles. The minimum Gasteiger partial charge on any atom is -0.479 e. The summed E-state index contributed by atoms with van der Waals surface area (Å²) in [6.45, 7) is 1.70. The van der Waals surface area contributed by atoms with Gasteiger partial charge in [-0.15, -0.1) is 0 Å². The first-order chi connectivity index (χ1) is 14.1. The smallest absolute Gasteiger partial charge is 0.261 e. The third-order valence-electron chi connectivity index (χ3n) is 4.44. The second-order valence-electron chi connectivity index (χ2n) is 6.44. The van der Waals surface area contributed by atoms with Crippen LogP contribution in [0.1, 0.15) is 16.1 Å². The second-order valence-corrected chi connectivity index (χ2v) is 6.44. The standard InChI is InChI=1S/C21H19N5O3/c1-13-18(19(25-29-13)14-7-5-4-6-8-14)20(27)23-17-10-9-16(24-21(17)28-3)15-11-22-26(2)12-15/h4-12H,1-3H3,(H,23,27). The average molecular weight is 389 g/mol. The molecule has 0 spiro atoms. The Morgan fingerprint density at radius 3 is 2.62 bits per heavy atom. The molecule has 3 aromatic heterocycles. The summed E-state index contributed by atoms with van der Waals surface area (Å²) in [6.07, 6.45) is 3.57.